The molecule has 0 atom stereocenters. The molecule has 4 heteroatoms. The molecule has 2 rings (SSSR count). The minimum atomic E-state index is -1.12. The van der Waals surface area contributed by atoms with Crippen molar-refractivity contribution in [3.63, 3.8) is 0 Å². The molecule has 0 amide bonds. The molecule has 2 aromatic rings. The molecule has 20 heavy (non-hydrogen) atoms. The van der Waals surface area contributed by atoms with Gasteiger partial charge in [0.1, 0.15) is 6.07 Å². The van der Waals surface area contributed by atoms with Crippen molar-refractivity contribution < 1.29 is 9.90 Å². The molecule has 0 spiro atoms. The molecule has 0 aliphatic carbocycles. The summed E-state index contributed by atoms with van der Waals surface area (Å²) in [5, 5.41) is 17.6. The summed E-state index contributed by atoms with van der Waals surface area (Å²) in [5.41, 5.74) is 2.85. The van der Waals surface area contributed by atoms with Gasteiger partial charge in [0.25, 0.3) is 0 Å². The number of benzene rings is 2. The summed E-state index contributed by atoms with van der Waals surface area (Å²) < 4.78 is 0. The Hall–Kier alpha value is -1.22. The van der Waals surface area contributed by atoms with E-state index >= 15 is 0 Å². The van der Waals surface area contributed by atoms with Gasteiger partial charge in [0.2, 0.25) is 0 Å². The van der Waals surface area contributed by atoms with E-state index in [0.717, 1.165) is 17.2 Å². The van der Waals surface area contributed by atoms with Crippen LogP contribution in [0.4, 0.5) is 0 Å². The maximum absolute atomic E-state index is 10.6. The Bertz CT molecular complexity index is 655. The van der Waals surface area contributed by atoms with Crippen LogP contribution in [0.15, 0.2) is 60.7 Å². The first kappa shape index (κ1) is 16.8. The number of hydrogen-bond acceptors (Lipinski definition) is 2. The van der Waals surface area contributed by atoms with Gasteiger partial charge >= 0.3 is 57.4 Å². The first-order valence-corrected chi connectivity index (χ1v) is 5.71. The SMILES string of the molecule is N#CC(=CC(=O)O)c1ccc(-c2ccccc2)cc1.[KH]. The zero-order chi connectivity index (χ0) is 13.7. The summed E-state index contributed by atoms with van der Waals surface area (Å²) in [6.45, 7) is 0. The number of carbonyl (C=O) groups is 1. The van der Waals surface area contributed by atoms with E-state index in [1.54, 1.807) is 12.1 Å². The fraction of sp³-hybridized carbons (Fsp3) is 0. The predicted molar refractivity (Wildman–Crippen MR) is 80.3 cm³/mol. The average molecular weight is 289 g/mol. The number of rotatable bonds is 3. The maximum atomic E-state index is 10.6. The van der Waals surface area contributed by atoms with Crippen molar-refractivity contribution in [2.24, 2.45) is 0 Å². The number of carboxylic acids is 1. The van der Waals surface area contributed by atoms with E-state index in [-0.39, 0.29) is 57.0 Å². The van der Waals surface area contributed by atoms with Crippen molar-refractivity contribution in [3.8, 4) is 17.2 Å². The van der Waals surface area contributed by atoms with Gasteiger partial charge < -0.3 is 5.11 Å². The van der Waals surface area contributed by atoms with Crippen LogP contribution in [0.3, 0.4) is 0 Å². The molecule has 2 aromatic carbocycles. The van der Waals surface area contributed by atoms with Crippen LogP contribution in [0.2, 0.25) is 0 Å². The van der Waals surface area contributed by atoms with Gasteiger partial charge in [-0.1, -0.05) is 54.6 Å². The van der Waals surface area contributed by atoms with Gasteiger partial charge in [0.05, 0.1) is 5.57 Å². The fourth-order valence-electron chi connectivity index (χ4n) is 1.78. The zero-order valence-electron chi connectivity index (χ0n) is 10.1. The van der Waals surface area contributed by atoms with E-state index < -0.39 is 5.97 Å². The van der Waals surface area contributed by atoms with Crippen LogP contribution in [0, 0.1) is 11.3 Å². The summed E-state index contributed by atoms with van der Waals surface area (Å²) >= 11 is 0. The molecular weight excluding hydrogens is 277 g/mol. The van der Waals surface area contributed by atoms with Gasteiger partial charge in [-0.05, 0) is 16.7 Å². The van der Waals surface area contributed by atoms with Gasteiger partial charge in [0.15, 0.2) is 0 Å². The summed E-state index contributed by atoms with van der Waals surface area (Å²) in [6, 6.07) is 19.0. The topological polar surface area (TPSA) is 61.1 Å². The summed E-state index contributed by atoms with van der Waals surface area (Å²) in [7, 11) is 0. The first-order valence-electron chi connectivity index (χ1n) is 5.71. The molecule has 0 aliphatic rings. The van der Waals surface area contributed by atoms with Crippen molar-refractivity contribution in [1.29, 1.82) is 5.26 Å². The Kier molecular flexibility index (Phi) is 6.86. The van der Waals surface area contributed by atoms with Crippen LogP contribution in [0.25, 0.3) is 16.7 Å². The molecule has 0 heterocycles. The molecule has 0 saturated carbocycles. The van der Waals surface area contributed by atoms with E-state index in [4.69, 9.17) is 10.4 Å². The molecule has 94 valence electrons. The molecule has 3 nitrogen and oxygen atoms in total. The Morgan fingerprint density at radius 2 is 1.55 bits per heavy atom. The van der Waals surface area contributed by atoms with E-state index in [9.17, 15) is 4.79 Å². The van der Waals surface area contributed by atoms with Gasteiger partial charge in [-0.15, -0.1) is 0 Å². The molecule has 0 radical (unpaired) electrons. The number of carboxylic acid groups (broad SMARTS) is 1. The second kappa shape index (κ2) is 8.15. The van der Waals surface area contributed by atoms with Gasteiger partial charge in [-0.2, -0.15) is 5.26 Å². The van der Waals surface area contributed by atoms with Crippen LogP contribution in [-0.4, -0.2) is 62.5 Å². The number of nitrogens with zero attached hydrogens (tertiary/aromatic N) is 1. The third-order valence-electron chi connectivity index (χ3n) is 2.69. The summed E-state index contributed by atoms with van der Waals surface area (Å²) in [6.07, 6.45) is 0.914. The van der Waals surface area contributed by atoms with Crippen LogP contribution in [0.5, 0.6) is 0 Å². The van der Waals surface area contributed by atoms with Crippen molar-refractivity contribution in [2.75, 3.05) is 0 Å². The molecule has 0 aromatic heterocycles. The Morgan fingerprint density at radius 1 is 1.00 bits per heavy atom. The zero-order valence-corrected chi connectivity index (χ0v) is 10.1. The molecule has 0 bridgehead atoms. The van der Waals surface area contributed by atoms with Crippen LogP contribution in [-0.2, 0) is 4.79 Å². The number of nitriles is 1. The predicted octanol–water partition coefficient (Wildman–Crippen LogP) is 2.70. The second-order valence-electron chi connectivity index (χ2n) is 3.95. The molecule has 0 saturated heterocycles. The molecule has 0 fully saturated rings. The quantitative estimate of drug-likeness (QED) is 0.537. The van der Waals surface area contributed by atoms with Gasteiger partial charge in [-0.3, -0.25) is 0 Å². The van der Waals surface area contributed by atoms with Crippen LogP contribution in [0.1, 0.15) is 5.56 Å². The van der Waals surface area contributed by atoms with E-state index in [1.807, 2.05) is 48.5 Å². The van der Waals surface area contributed by atoms with Crippen molar-refractivity contribution in [2.45, 2.75) is 0 Å². The molecule has 0 unspecified atom stereocenters. The minimum absolute atomic E-state index is 0. The van der Waals surface area contributed by atoms with Crippen molar-refractivity contribution in [1.82, 2.24) is 0 Å². The van der Waals surface area contributed by atoms with Crippen LogP contribution >= 0.6 is 0 Å². The van der Waals surface area contributed by atoms with Crippen molar-refractivity contribution >= 4 is 62.9 Å². The number of aliphatic carboxylic acids is 1. The standard InChI is InChI=1S/C16H11NO2.K.H/c17-11-15(10-16(18)19)14-8-6-13(7-9-14)12-4-2-1-3-5-12;;/h1-10H,(H,18,19);;. The number of hydrogen-bond donors (Lipinski definition) is 1. The third kappa shape index (κ3) is 4.41. The van der Waals surface area contributed by atoms with E-state index in [2.05, 4.69) is 0 Å². The van der Waals surface area contributed by atoms with Crippen molar-refractivity contribution in [3.05, 3.63) is 66.2 Å². The first-order chi connectivity index (χ1) is 9.20. The Balaban J connectivity index is 0.00000200. The van der Waals surface area contributed by atoms with Gasteiger partial charge in [-0.25, -0.2) is 4.79 Å². The Morgan fingerprint density at radius 3 is 2.05 bits per heavy atom. The van der Waals surface area contributed by atoms with E-state index in [1.165, 1.54) is 0 Å². The average Bonchev–Trinajstić information content (AvgIpc) is 2.46. The third-order valence-corrected chi connectivity index (χ3v) is 2.69. The number of allylic oxidation sites excluding steroid dienone is 1. The molecule has 0 aliphatic heterocycles. The van der Waals surface area contributed by atoms with Gasteiger partial charge in [0, 0.05) is 6.08 Å². The fourth-order valence-corrected chi connectivity index (χ4v) is 1.78. The van der Waals surface area contributed by atoms with E-state index in [0.29, 0.717) is 5.56 Å². The van der Waals surface area contributed by atoms with Crippen LogP contribution < -0.4 is 0 Å². The molecular formula is C16H12KNO2. The summed E-state index contributed by atoms with van der Waals surface area (Å²) in [5.74, 6) is -1.12. The Labute approximate surface area is 160 Å². The normalized spacial score (nSPS) is 10.2. The monoisotopic (exact) mass is 289 g/mol. The second-order valence-corrected chi connectivity index (χ2v) is 3.95. The molecule has 1 N–H and O–H groups in total. The summed E-state index contributed by atoms with van der Waals surface area (Å²) in [4.78, 5) is 10.6.